The van der Waals surface area contributed by atoms with Gasteiger partial charge < -0.3 is 29.5 Å². The summed E-state index contributed by atoms with van der Waals surface area (Å²) in [7, 11) is 0. The molecule has 0 aromatic carbocycles. The Balaban J connectivity index is 1.50. The Morgan fingerprint density at radius 1 is 1.47 bits per heavy atom. The van der Waals surface area contributed by atoms with Gasteiger partial charge in [0.25, 0.3) is 0 Å². The van der Waals surface area contributed by atoms with Gasteiger partial charge in [-0.3, -0.25) is 4.57 Å². The van der Waals surface area contributed by atoms with E-state index in [1.165, 1.54) is 12.7 Å². The quantitative estimate of drug-likeness (QED) is 0.401. The van der Waals surface area contributed by atoms with Crippen molar-refractivity contribution in [2.45, 2.75) is 44.6 Å². The number of aromatic nitrogens is 4. The molecule has 164 valence electrons. The number of hydrogen-bond acceptors (Lipinski definition) is 10. The highest BCUT2D eigenvalue weighted by atomic mass is 32.5. The molecule has 0 amide bonds. The summed E-state index contributed by atoms with van der Waals surface area (Å²) in [5, 5.41) is 10.3. The molecule has 30 heavy (non-hydrogen) atoms. The van der Waals surface area contributed by atoms with Gasteiger partial charge in [-0.15, -0.1) is 6.58 Å². The first-order chi connectivity index (χ1) is 14.3. The summed E-state index contributed by atoms with van der Waals surface area (Å²) in [5.41, 5.74) is 7.84. The largest absolute Gasteiger partial charge is 0.780 e. The van der Waals surface area contributed by atoms with Crippen LogP contribution in [0.15, 0.2) is 37.0 Å². The molecule has 1 aliphatic rings. The molecule has 0 aliphatic carbocycles. The van der Waals surface area contributed by atoms with Crippen LogP contribution in [0.3, 0.4) is 0 Å². The molecule has 12 heteroatoms. The smallest absolute Gasteiger partial charge is 0.167 e. The van der Waals surface area contributed by atoms with Gasteiger partial charge in [0.1, 0.15) is 30.9 Å². The number of nitrogen functional groups attached to an aromatic ring is 1. The number of allylic oxidation sites excluding steroid dienone is 2. The lowest BCUT2D eigenvalue weighted by molar-refractivity contribution is -0.209. The van der Waals surface area contributed by atoms with Gasteiger partial charge in [0.2, 0.25) is 0 Å². The van der Waals surface area contributed by atoms with Crippen molar-refractivity contribution in [2.75, 3.05) is 18.9 Å². The van der Waals surface area contributed by atoms with E-state index in [0.29, 0.717) is 11.2 Å². The van der Waals surface area contributed by atoms with Gasteiger partial charge in [0, 0.05) is 6.42 Å². The summed E-state index contributed by atoms with van der Waals surface area (Å²) in [6.07, 6.45) is 6.38. The molecule has 3 N–H and O–H groups in total. The Kier molecular flexibility index (Phi) is 7.70. The van der Waals surface area contributed by atoms with Gasteiger partial charge in [-0.05, 0) is 19.8 Å². The summed E-state index contributed by atoms with van der Waals surface area (Å²) < 4.78 is 17.9. The Morgan fingerprint density at radius 3 is 3.03 bits per heavy atom. The fourth-order valence-electron chi connectivity index (χ4n) is 2.97. The zero-order chi connectivity index (χ0) is 21.7. The fourth-order valence-corrected chi connectivity index (χ4v) is 4.01. The third kappa shape index (κ3) is 5.92. The van der Waals surface area contributed by atoms with Crippen molar-refractivity contribution < 1.29 is 23.8 Å². The van der Waals surface area contributed by atoms with Crippen LogP contribution in [0.1, 0.15) is 32.4 Å². The Labute approximate surface area is 179 Å². The first-order valence-electron chi connectivity index (χ1n) is 9.43. The van der Waals surface area contributed by atoms with E-state index in [-0.39, 0.29) is 25.5 Å². The van der Waals surface area contributed by atoms with Crippen molar-refractivity contribution in [3.8, 4) is 0 Å². The van der Waals surface area contributed by atoms with E-state index in [1.807, 2.05) is 13.0 Å². The molecule has 1 aliphatic heterocycles. The number of hydrogen-bond donors (Lipinski definition) is 2. The van der Waals surface area contributed by atoms with Crippen LogP contribution in [-0.2, 0) is 25.6 Å². The number of aliphatic hydroxyl groups is 1. The third-order valence-electron chi connectivity index (χ3n) is 4.53. The zero-order valence-electron chi connectivity index (χ0n) is 16.6. The van der Waals surface area contributed by atoms with E-state index in [1.54, 1.807) is 10.6 Å². The minimum absolute atomic E-state index is 0.0792. The van der Waals surface area contributed by atoms with Crippen LogP contribution in [0.25, 0.3) is 11.2 Å². The lowest BCUT2D eigenvalue weighted by atomic mass is 10.2. The summed E-state index contributed by atoms with van der Waals surface area (Å²) in [5.74, 6) is 0.259. The molecule has 0 saturated carbocycles. The predicted molar refractivity (Wildman–Crippen MR) is 114 cm³/mol. The molecule has 1 unspecified atom stereocenters. The summed E-state index contributed by atoms with van der Waals surface area (Å²) in [4.78, 5) is 24.5. The topological polar surface area (TPSA) is 141 Å². The van der Waals surface area contributed by atoms with Crippen molar-refractivity contribution >= 4 is 35.5 Å². The van der Waals surface area contributed by atoms with Crippen molar-refractivity contribution in [2.24, 2.45) is 0 Å². The number of imidazole rings is 1. The number of rotatable bonds is 10. The molecule has 1 saturated heterocycles. The lowest BCUT2D eigenvalue weighted by Crippen LogP contribution is -2.27. The number of nitrogens with zero attached hydrogens (tertiary/aromatic N) is 4. The third-order valence-corrected chi connectivity index (χ3v) is 6.09. The normalized spacial score (nSPS) is 23.9. The minimum atomic E-state index is -3.70. The first kappa shape index (κ1) is 23.0. The molecule has 2 aromatic rings. The van der Waals surface area contributed by atoms with Gasteiger partial charge in [-0.2, -0.15) is 0 Å². The fraction of sp³-hybridized carbons (Fsp3) is 0.500. The van der Waals surface area contributed by atoms with Crippen LogP contribution in [0.4, 0.5) is 5.82 Å². The van der Waals surface area contributed by atoms with E-state index in [0.717, 1.165) is 18.4 Å². The summed E-state index contributed by atoms with van der Waals surface area (Å²) in [6, 6.07) is 0. The first-order valence-corrected chi connectivity index (χ1v) is 12.0. The highest BCUT2D eigenvalue weighted by Crippen LogP contribution is 2.40. The van der Waals surface area contributed by atoms with Crippen LogP contribution >= 0.6 is 6.72 Å². The zero-order valence-corrected chi connectivity index (χ0v) is 18.3. The number of fused-ring (bicyclic) bond motifs is 1. The molecular formula is C18H25N5O5PS-. The van der Waals surface area contributed by atoms with Gasteiger partial charge >= 0.3 is 0 Å². The summed E-state index contributed by atoms with van der Waals surface area (Å²) >= 11 is 4.90. The average Bonchev–Trinajstić information content (AvgIpc) is 3.27. The number of aliphatic hydroxyl groups excluding tert-OH is 1. The number of anilines is 1. The van der Waals surface area contributed by atoms with E-state index in [9.17, 15) is 10.00 Å². The Morgan fingerprint density at radius 2 is 2.27 bits per heavy atom. The van der Waals surface area contributed by atoms with Crippen LogP contribution < -0.4 is 10.6 Å². The van der Waals surface area contributed by atoms with Gasteiger partial charge in [0.15, 0.2) is 11.5 Å². The molecule has 3 rings (SSSR count). The molecule has 4 atom stereocenters. The number of nitrogens with two attached hydrogens (primary N) is 1. The summed E-state index contributed by atoms with van der Waals surface area (Å²) in [6.45, 7) is 2.00. The molecule has 2 aromatic heterocycles. The standard InChI is InChI=1S/C18H26N5O5PS/c1-12(2)6-4-3-5-7-26-29(25,30)27-9-14-13(24)8-15(28-14)23-11-22-16-17(19)20-10-21-18(16)23/h3,5,10-11,13-15,24H,1,4,6-9H2,2H3,(H,25,30)(H2,19,20,21)/p-1/b5-3+/t13-,14+,15+,29?/m0/s1. The molecule has 3 heterocycles. The average molecular weight is 454 g/mol. The van der Waals surface area contributed by atoms with E-state index in [4.69, 9.17) is 31.3 Å². The molecule has 0 bridgehead atoms. The molecule has 1 fully saturated rings. The second-order valence-corrected chi connectivity index (χ2v) is 9.77. The Bertz CT molecular complexity index is 968. The molecule has 10 nitrogen and oxygen atoms in total. The minimum Gasteiger partial charge on any atom is -0.780 e. The maximum atomic E-state index is 12.3. The molecule has 0 radical (unpaired) electrons. The van der Waals surface area contributed by atoms with Crippen molar-refractivity contribution in [1.82, 2.24) is 19.5 Å². The highest BCUT2D eigenvalue weighted by Gasteiger charge is 2.36. The van der Waals surface area contributed by atoms with Crippen LogP contribution in [-0.4, -0.2) is 50.0 Å². The molecular weight excluding hydrogens is 429 g/mol. The van der Waals surface area contributed by atoms with E-state index < -0.39 is 25.2 Å². The monoisotopic (exact) mass is 454 g/mol. The van der Waals surface area contributed by atoms with Crippen molar-refractivity contribution in [3.63, 3.8) is 0 Å². The van der Waals surface area contributed by atoms with Gasteiger partial charge in [0.05, 0.1) is 25.6 Å². The van der Waals surface area contributed by atoms with E-state index in [2.05, 4.69) is 21.5 Å². The maximum absolute atomic E-state index is 12.3. The predicted octanol–water partition coefficient (Wildman–Crippen LogP) is 1.59. The Hall–Kier alpha value is -1.72. The lowest BCUT2D eigenvalue weighted by Gasteiger charge is -2.28. The second-order valence-electron chi connectivity index (χ2n) is 7.02. The van der Waals surface area contributed by atoms with Crippen molar-refractivity contribution in [3.05, 3.63) is 37.0 Å². The van der Waals surface area contributed by atoms with Crippen LogP contribution in [0, 0.1) is 0 Å². The van der Waals surface area contributed by atoms with Gasteiger partial charge in [-0.25, -0.2) is 15.0 Å². The SMILES string of the molecule is C=C(C)CC/C=C/COP([O-])(=S)OC[C@H]1O[C@@H](n2cnc3c(N)ncnc32)C[C@@H]1O. The van der Waals surface area contributed by atoms with Crippen LogP contribution in [0.2, 0.25) is 0 Å². The second kappa shape index (κ2) is 10.1. The molecule has 0 spiro atoms. The highest BCUT2D eigenvalue weighted by molar-refractivity contribution is 8.06. The van der Waals surface area contributed by atoms with Gasteiger partial charge in [-0.1, -0.05) is 29.5 Å². The number of ether oxygens (including phenoxy) is 1. The van der Waals surface area contributed by atoms with E-state index >= 15 is 0 Å². The van der Waals surface area contributed by atoms with Crippen LogP contribution in [0.5, 0.6) is 0 Å². The van der Waals surface area contributed by atoms with Crippen molar-refractivity contribution in [1.29, 1.82) is 0 Å². The maximum Gasteiger partial charge on any atom is 0.167 e.